The predicted molar refractivity (Wildman–Crippen MR) is 58.1 cm³/mol. The first-order chi connectivity index (χ1) is 6.31. The molecule has 0 aromatic heterocycles. The molecule has 0 unspecified atom stereocenters. The lowest BCUT2D eigenvalue weighted by atomic mass is 10.1. The number of hydrogen-bond acceptors (Lipinski definition) is 1. The molecule has 0 atom stereocenters. The average molecular weight is 201 g/mol. The van der Waals surface area contributed by atoms with E-state index in [4.69, 9.17) is 11.6 Å². The third kappa shape index (κ3) is 9.35. The van der Waals surface area contributed by atoms with Gasteiger partial charge in [0.05, 0.1) is 0 Å². The molecule has 0 rings (SSSR count). The van der Waals surface area contributed by atoms with Crippen LogP contribution in [0.5, 0.6) is 0 Å². The second kappa shape index (κ2) is 9.53. The molecule has 74 valence electrons. The van der Waals surface area contributed by atoms with Crippen LogP contribution in [0.4, 0.5) is 0 Å². The van der Waals surface area contributed by atoms with Crippen molar-refractivity contribution in [3.05, 3.63) is 24.3 Å². The first kappa shape index (κ1) is 12.4. The maximum absolute atomic E-state index is 11.1. The molecule has 0 heterocycles. The van der Waals surface area contributed by atoms with Gasteiger partial charge in [-0.05, 0) is 25.8 Å². The second-order valence-electron chi connectivity index (χ2n) is 2.85. The molecule has 0 saturated carbocycles. The van der Waals surface area contributed by atoms with Crippen molar-refractivity contribution in [3.8, 4) is 0 Å². The van der Waals surface area contributed by atoms with Crippen molar-refractivity contribution in [3.63, 3.8) is 0 Å². The summed E-state index contributed by atoms with van der Waals surface area (Å²) in [6, 6.07) is 0. The van der Waals surface area contributed by atoms with Gasteiger partial charge in [0.15, 0.2) is 5.78 Å². The Balaban J connectivity index is 3.40. The number of rotatable bonds is 7. The molecule has 1 nitrogen and oxygen atoms in total. The van der Waals surface area contributed by atoms with Gasteiger partial charge in [-0.2, -0.15) is 0 Å². The molecule has 0 amide bonds. The largest absolute Gasteiger partial charge is 0.295 e. The Morgan fingerprint density at radius 2 is 2.00 bits per heavy atom. The fraction of sp³-hybridized carbons (Fsp3) is 0.545. The Bertz CT molecular complexity index is 183. The second-order valence-corrected chi connectivity index (χ2v) is 3.23. The van der Waals surface area contributed by atoms with Crippen LogP contribution in [0.25, 0.3) is 0 Å². The molecule has 0 spiro atoms. The van der Waals surface area contributed by atoms with Crippen LogP contribution in [0.2, 0.25) is 0 Å². The third-order valence-electron chi connectivity index (χ3n) is 1.64. The fourth-order valence-corrected chi connectivity index (χ4v) is 1.12. The van der Waals surface area contributed by atoms with Gasteiger partial charge in [-0.15, -0.1) is 11.6 Å². The first-order valence-electron chi connectivity index (χ1n) is 4.69. The van der Waals surface area contributed by atoms with E-state index in [0.717, 1.165) is 19.3 Å². The summed E-state index contributed by atoms with van der Waals surface area (Å²) < 4.78 is 0. The van der Waals surface area contributed by atoms with E-state index in [1.165, 1.54) is 0 Å². The van der Waals surface area contributed by atoms with E-state index in [-0.39, 0.29) is 5.78 Å². The summed E-state index contributed by atoms with van der Waals surface area (Å²) in [6.45, 7) is 1.93. The van der Waals surface area contributed by atoms with Gasteiger partial charge < -0.3 is 0 Å². The molecular weight excluding hydrogens is 184 g/mol. The molecule has 0 fully saturated rings. The van der Waals surface area contributed by atoms with Crippen LogP contribution >= 0.6 is 11.6 Å². The molecule has 0 N–H and O–H groups in total. The maximum Gasteiger partial charge on any atom is 0.155 e. The van der Waals surface area contributed by atoms with E-state index < -0.39 is 0 Å². The Morgan fingerprint density at radius 3 is 2.62 bits per heavy atom. The highest BCUT2D eigenvalue weighted by Gasteiger charge is 1.95. The molecule has 0 aromatic carbocycles. The summed E-state index contributed by atoms with van der Waals surface area (Å²) in [5, 5.41) is 0. The zero-order valence-corrected chi connectivity index (χ0v) is 8.89. The van der Waals surface area contributed by atoms with Gasteiger partial charge in [-0.25, -0.2) is 0 Å². The average Bonchev–Trinajstić information content (AvgIpc) is 2.13. The molecule has 0 aliphatic rings. The summed E-state index contributed by atoms with van der Waals surface area (Å²) in [7, 11) is 0. The summed E-state index contributed by atoms with van der Waals surface area (Å²) in [4.78, 5) is 11.1. The van der Waals surface area contributed by atoms with E-state index in [1.807, 2.05) is 19.1 Å². The zero-order chi connectivity index (χ0) is 9.94. The van der Waals surface area contributed by atoms with Crippen LogP contribution in [0.15, 0.2) is 24.3 Å². The molecule has 0 bridgehead atoms. The first-order valence-corrected chi connectivity index (χ1v) is 5.23. The number of ketones is 1. The minimum Gasteiger partial charge on any atom is -0.295 e. The lowest BCUT2D eigenvalue weighted by Crippen LogP contribution is -1.92. The number of hydrogen-bond donors (Lipinski definition) is 0. The van der Waals surface area contributed by atoms with Gasteiger partial charge in [-0.1, -0.05) is 24.6 Å². The number of halogens is 1. The molecule has 0 radical (unpaired) electrons. The molecule has 13 heavy (non-hydrogen) atoms. The van der Waals surface area contributed by atoms with E-state index in [2.05, 4.69) is 0 Å². The van der Waals surface area contributed by atoms with E-state index >= 15 is 0 Å². The van der Waals surface area contributed by atoms with Crippen LogP contribution in [0.3, 0.4) is 0 Å². The standard InChI is InChI=1S/C11H17ClO/c1-2-3-5-8-11(13)9-6-4-7-10-12/h2-3,5,8H,4,6-7,9-10H2,1H3/b3-2+,8-5-. The maximum atomic E-state index is 11.1. The highest BCUT2D eigenvalue weighted by molar-refractivity contribution is 6.17. The summed E-state index contributed by atoms with van der Waals surface area (Å²) in [5.41, 5.74) is 0. The quantitative estimate of drug-likeness (QED) is 0.266. The Morgan fingerprint density at radius 1 is 1.23 bits per heavy atom. The number of carbonyl (C=O) groups excluding carboxylic acids is 1. The Hall–Kier alpha value is -0.560. The normalized spacial score (nSPS) is 11.5. The molecule has 0 aromatic rings. The number of alkyl halides is 1. The van der Waals surface area contributed by atoms with Gasteiger partial charge in [0, 0.05) is 12.3 Å². The predicted octanol–water partition coefficient (Wildman–Crippen LogP) is 3.49. The summed E-state index contributed by atoms with van der Waals surface area (Å²) in [6.07, 6.45) is 10.8. The van der Waals surface area contributed by atoms with Crippen LogP contribution in [-0.2, 0) is 4.79 Å². The van der Waals surface area contributed by atoms with Crippen molar-refractivity contribution in [2.45, 2.75) is 32.6 Å². The van der Waals surface area contributed by atoms with Gasteiger partial charge in [0.1, 0.15) is 0 Å². The van der Waals surface area contributed by atoms with Crippen LogP contribution in [0.1, 0.15) is 32.6 Å². The molecule has 2 heteroatoms. The van der Waals surface area contributed by atoms with Crippen molar-refractivity contribution in [1.82, 2.24) is 0 Å². The summed E-state index contributed by atoms with van der Waals surface area (Å²) in [5.74, 6) is 0.899. The lowest BCUT2D eigenvalue weighted by molar-refractivity contribution is -0.114. The number of allylic oxidation sites excluding steroid dienone is 4. The van der Waals surface area contributed by atoms with E-state index in [9.17, 15) is 4.79 Å². The van der Waals surface area contributed by atoms with Gasteiger partial charge in [0.2, 0.25) is 0 Å². The van der Waals surface area contributed by atoms with Gasteiger partial charge in [-0.3, -0.25) is 4.79 Å². The van der Waals surface area contributed by atoms with Crippen molar-refractivity contribution < 1.29 is 4.79 Å². The highest BCUT2D eigenvalue weighted by Crippen LogP contribution is 2.02. The van der Waals surface area contributed by atoms with E-state index in [1.54, 1.807) is 12.2 Å². The van der Waals surface area contributed by atoms with E-state index in [0.29, 0.717) is 12.3 Å². The number of unbranched alkanes of at least 4 members (excludes halogenated alkanes) is 2. The van der Waals surface area contributed by atoms with Crippen molar-refractivity contribution >= 4 is 17.4 Å². The van der Waals surface area contributed by atoms with Crippen LogP contribution in [0, 0.1) is 0 Å². The molecule has 0 saturated heterocycles. The molecule has 0 aliphatic carbocycles. The van der Waals surface area contributed by atoms with Gasteiger partial charge >= 0.3 is 0 Å². The van der Waals surface area contributed by atoms with Crippen molar-refractivity contribution in [2.75, 3.05) is 5.88 Å². The monoisotopic (exact) mass is 200 g/mol. The lowest BCUT2D eigenvalue weighted by Gasteiger charge is -1.94. The smallest absolute Gasteiger partial charge is 0.155 e. The third-order valence-corrected chi connectivity index (χ3v) is 1.91. The molecular formula is C11H17ClO. The topological polar surface area (TPSA) is 17.1 Å². The minimum absolute atomic E-state index is 0.202. The van der Waals surface area contributed by atoms with Crippen LogP contribution in [-0.4, -0.2) is 11.7 Å². The van der Waals surface area contributed by atoms with Crippen molar-refractivity contribution in [2.24, 2.45) is 0 Å². The Labute approximate surface area is 85.5 Å². The molecule has 0 aliphatic heterocycles. The number of carbonyl (C=O) groups is 1. The zero-order valence-electron chi connectivity index (χ0n) is 8.13. The summed E-state index contributed by atoms with van der Waals surface area (Å²) >= 11 is 5.51. The van der Waals surface area contributed by atoms with Crippen molar-refractivity contribution in [1.29, 1.82) is 0 Å². The van der Waals surface area contributed by atoms with Crippen LogP contribution < -0.4 is 0 Å². The minimum atomic E-state index is 0.202. The fourth-order valence-electron chi connectivity index (χ4n) is 0.928. The Kier molecular flexibility index (Phi) is 9.12. The van der Waals surface area contributed by atoms with Gasteiger partial charge in [0.25, 0.3) is 0 Å². The highest BCUT2D eigenvalue weighted by atomic mass is 35.5. The SMILES string of the molecule is C/C=C/C=C\C(=O)CCCCCCl.